The van der Waals surface area contributed by atoms with Crippen LogP contribution in [0.15, 0.2) is 65.8 Å². The summed E-state index contributed by atoms with van der Waals surface area (Å²) < 4.78 is 0. The van der Waals surface area contributed by atoms with Crippen LogP contribution in [-0.2, 0) is 0 Å². The summed E-state index contributed by atoms with van der Waals surface area (Å²) in [6, 6.07) is 8.66. The lowest BCUT2D eigenvalue weighted by molar-refractivity contribution is 0.724. The highest BCUT2D eigenvalue weighted by Gasteiger charge is 2.26. The van der Waals surface area contributed by atoms with Crippen LogP contribution in [0.25, 0.3) is 5.57 Å². The highest BCUT2D eigenvalue weighted by atomic mass is 14.3. The van der Waals surface area contributed by atoms with Crippen LogP contribution < -0.4 is 0 Å². The van der Waals surface area contributed by atoms with Gasteiger partial charge < -0.3 is 0 Å². The molecule has 2 aliphatic carbocycles. The molecule has 1 unspecified atom stereocenters. The first-order valence-corrected chi connectivity index (χ1v) is 7.04. The van der Waals surface area contributed by atoms with Crippen molar-refractivity contribution in [3.05, 3.63) is 76.9 Å². The number of benzene rings is 1. The standard InChI is InChI=1S/C19H20/c1-4-15-12-16-11-13(2)9-10-18(16)19(15)17-8-6-5-7-14(17)3/h4-8,10-11,13H,1,9,12H2,2-3H3. The van der Waals surface area contributed by atoms with E-state index in [4.69, 9.17) is 0 Å². The van der Waals surface area contributed by atoms with Crippen molar-refractivity contribution in [1.82, 2.24) is 0 Å². The van der Waals surface area contributed by atoms with E-state index in [-0.39, 0.29) is 0 Å². The van der Waals surface area contributed by atoms with Gasteiger partial charge in [-0.1, -0.05) is 56.0 Å². The predicted octanol–water partition coefficient (Wildman–Crippen LogP) is 5.23. The zero-order chi connectivity index (χ0) is 13.4. The summed E-state index contributed by atoms with van der Waals surface area (Å²) in [5, 5.41) is 0. The molecule has 3 rings (SSSR count). The molecule has 0 N–H and O–H groups in total. The second kappa shape index (κ2) is 4.70. The van der Waals surface area contributed by atoms with Crippen LogP contribution in [0.1, 0.15) is 30.9 Å². The molecule has 0 amide bonds. The third-order valence-corrected chi connectivity index (χ3v) is 4.16. The highest BCUT2D eigenvalue weighted by molar-refractivity contribution is 5.92. The molecule has 0 heteroatoms. The third-order valence-electron chi connectivity index (χ3n) is 4.16. The largest absolute Gasteiger partial charge is 0.0988 e. The van der Waals surface area contributed by atoms with Crippen LogP contribution in [-0.4, -0.2) is 0 Å². The third kappa shape index (κ3) is 2.02. The molecule has 0 spiro atoms. The first-order chi connectivity index (χ1) is 9.20. The van der Waals surface area contributed by atoms with Gasteiger partial charge >= 0.3 is 0 Å². The van der Waals surface area contributed by atoms with E-state index in [1.165, 1.54) is 33.4 Å². The normalized spacial score (nSPS) is 21.9. The summed E-state index contributed by atoms with van der Waals surface area (Å²) in [5.41, 5.74) is 8.43. The van der Waals surface area contributed by atoms with Crippen molar-refractivity contribution >= 4 is 5.57 Å². The van der Waals surface area contributed by atoms with Gasteiger partial charge in [-0.15, -0.1) is 0 Å². The Kier molecular flexibility index (Phi) is 3.02. The predicted molar refractivity (Wildman–Crippen MR) is 82.9 cm³/mol. The fourth-order valence-corrected chi connectivity index (χ4v) is 3.17. The molecule has 19 heavy (non-hydrogen) atoms. The van der Waals surface area contributed by atoms with Crippen molar-refractivity contribution in [2.75, 3.05) is 0 Å². The molecular formula is C19H20. The quantitative estimate of drug-likeness (QED) is 0.672. The summed E-state index contributed by atoms with van der Waals surface area (Å²) in [6.07, 6.45) is 9.08. The van der Waals surface area contributed by atoms with Crippen molar-refractivity contribution in [2.45, 2.75) is 26.7 Å². The summed E-state index contributed by atoms with van der Waals surface area (Å²) in [4.78, 5) is 0. The van der Waals surface area contributed by atoms with Gasteiger partial charge in [-0.2, -0.15) is 0 Å². The zero-order valence-electron chi connectivity index (χ0n) is 11.7. The second-order valence-electron chi connectivity index (χ2n) is 5.62. The number of aryl methyl sites for hydroxylation is 1. The van der Waals surface area contributed by atoms with Gasteiger partial charge in [0.25, 0.3) is 0 Å². The molecule has 0 saturated carbocycles. The number of hydrogen-bond acceptors (Lipinski definition) is 0. The number of rotatable bonds is 2. The van der Waals surface area contributed by atoms with Gasteiger partial charge in [-0.25, -0.2) is 0 Å². The molecule has 1 aromatic carbocycles. The van der Waals surface area contributed by atoms with Gasteiger partial charge in [-0.3, -0.25) is 0 Å². The zero-order valence-corrected chi connectivity index (χ0v) is 11.7. The average molecular weight is 248 g/mol. The Bertz CT molecular complexity index is 623. The van der Waals surface area contributed by atoms with Gasteiger partial charge in [0.15, 0.2) is 0 Å². The van der Waals surface area contributed by atoms with E-state index in [0.29, 0.717) is 5.92 Å². The Labute approximate surface area is 115 Å². The van der Waals surface area contributed by atoms with E-state index in [1.54, 1.807) is 0 Å². The lowest BCUT2D eigenvalue weighted by Crippen LogP contribution is -1.99. The SMILES string of the molecule is C=CC1=C(c2ccccc2C)C2=CCC(C)C=C2C1. The molecule has 0 nitrogen and oxygen atoms in total. The summed E-state index contributed by atoms with van der Waals surface area (Å²) in [6.45, 7) is 8.50. The molecule has 1 atom stereocenters. The Morgan fingerprint density at radius 2 is 2.05 bits per heavy atom. The minimum absolute atomic E-state index is 0.668. The molecule has 0 radical (unpaired) electrons. The van der Waals surface area contributed by atoms with E-state index in [9.17, 15) is 0 Å². The Morgan fingerprint density at radius 1 is 1.26 bits per heavy atom. The number of fused-ring (bicyclic) bond motifs is 1. The van der Waals surface area contributed by atoms with Crippen LogP contribution in [0.5, 0.6) is 0 Å². The fourth-order valence-electron chi connectivity index (χ4n) is 3.17. The minimum atomic E-state index is 0.668. The first-order valence-electron chi connectivity index (χ1n) is 7.04. The van der Waals surface area contributed by atoms with E-state index in [1.807, 2.05) is 6.08 Å². The highest BCUT2D eigenvalue weighted by Crippen LogP contribution is 2.46. The van der Waals surface area contributed by atoms with Crippen molar-refractivity contribution in [3.63, 3.8) is 0 Å². The number of hydrogen-bond donors (Lipinski definition) is 0. The van der Waals surface area contributed by atoms with Crippen molar-refractivity contribution in [3.8, 4) is 0 Å². The van der Waals surface area contributed by atoms with Gasteiger partial charge in [0.05, 0.1) is 0 Å². The van der Waals surface area contributed by atoms with Crippen LogP contribution >= 0.6 is 0 Å². The smallest absolute Gasteiger partial charge is 0.00166 e. The Hall–Kier alpha value is -1.82. The molecule has 0 bridgehead atoms. The van der Waals surface area contributed by atoms with Crippen molar-refractivity contribution < 1.29 is 0 Å². The van der Waals surface area contributed by atoms with Crippen molar-refractivity contribution in [1.29, 1.82) is 0 Å². The van der Waals surface area contributed by atoms with Crippen LogP contribution in [0.4, 0.5) is 0 Å². The van der Waals surface area contributed by atoms with E-state index < -0.39 is 0 Å². The van der Waals surface area contributed by atoms with Gasteiger partial charge in [0.1, 0.15) is 0 Å². The topological polar surface area (TPSA) is 0 Å². The Balaban J connectivity index is 2.16. The molecule has 0 aliphatic heterocycles. The minimum Gasteiger partial charge on any atom is -0.0988 e. The first kappa shape index (κ1) is 12.2. The molecule has 1 aromatic rings. The molecule has 0 aromatic heterocycles. The molecular weight excluding hydrogens is 228 g/mol. The maximum absolute atomic E-state index is 4.01. The van der Waals surface area contributed by atoms with E-state index in [0.717, 1.165) is 12.8 Å². The molecule has 0 fully saturated rings. The molecule has 0 heterocycles. The van der Waals surface area contributed by atoms with Gasteiger partial charge in [-0.05, 0) is 59.1 Å². The van der Waals surface area contributed by atoms with Crippen LogP contribution in [0, 0.1) is 12.8 Å². The molecule has 0 saturated heterocycles. The summed E-state index contributed by atoms with van der Waals surface area (Å²) >= 11 is 0. The van der Waals surface area contributed by atoms with Gasteiger partial charge in [0, 0.05) is 0 Å². The van der Waals surface area contributed by atoms with E-state index in [2.05, 4.69) is 56.8 Å². The van der Waals surface area contributed by atoms with Crippen LogP contribution in [0.3, 0.4) is 0 Å². The molecule has 96 valence electrons. The lowest BCUT2D eigenvalue weighted by Gasteiger charge is -2.17. The number of allylic oxidation sites excluding steroid dienone is 7. The fraction of sp³-hybridized carbons (Fsp3) is 0.263. The second-order valence-corrected chi connectivity index (χ2v) is 5.62. The summed E-state index contributed by atoms with van der Waals surface area (Å²) in [5.74, 6) is 0.668. The summed E-state index contributed by atoms with van der Waals surface area (Å²) in [7, 11) is 0. The maximum Gasteiger partial charge on any atom is -0.00166 e. The lowest BCUT2D eigenvalue weighted by atomic mass is 9.87. The Morgan fingerprint density at radius 3 is 2.79 bits per heavy atom. The monoisotopic (exact) mass is 248 g/mol. The molecule has 2 aliphatic rings. The van der Waals surface area contributed by atoms with Crippen molar-refractivity contribution in [2.24, 2.45) is 5.92 Å². The van der Waals surface area contributed by atoms with Crippen LogP contribution in [0.2, 0.25) is 0 Å². The average Bonchev–Trinajstić information content (AvgIpc) is 2.76. The maximum atomic E-state index is 4.01. The van der Waals surface area contributed by atoms with E-state index >= 15 is 0 Å². The van der Waals surface area contributed by atoms with Gasteiger partial charge in [0.2, 0.25) is 0 Å².